The van der Waals surface area contributed by atoms with E-state index in [0.29, 0.717) is 25.9 Å². The van der Waals surface area contributed by atoms with Crippen molar-refractivity contribution in [2.24, 2.45) is 0 Å². The molecular formula is C8H15NaO4. The number of carbonyl (C=O) groups is 2. The van der Waals surface area contributed by atoms with E-state index >= 15 is 0 Å². The maximum Gasteiger partial charge on any atom is 1.00 e. The van der Waals surface area contributed by atoms with Gasteiger partial charge in [0, 0.05) is 12.8 Å². The summed E-state index contributed by atoms with van der Waals surface area (Å²) >= 11 is 0. The Morgan fingerprint density at radius 2 is 1.85 bits per heavy atom. The summed E-state index contributed by atoms with van der Waals surface area (Å²) in [5, 5.41) is 8.27. The largest absolute Gasteiger partial charge is 1.00 e. The molecule has 0 radical (unpaired) electrons. The fourth-order valence-corrected chi connectivity index (χ4v) is 0.779. The van der Waals surface area contributed by atoms with E-state index in [4.69, 9.17) is 5.11 Å². The van der Waals surface area contributed by atoms with Gasteiger partial charge in [-0.25, -0.2) is 0 Å². The fraction of sp³-hybridized carbons (Fsp3) is 0.750. The van der Waals surface area contributed by atoms with Crippen LogP contribution in [0.15, 0.2) is 0 Å². The average molecular weight is 198 g/mol. The number of carboxylic acid groups (broad SMARTS) is 1. The summed E-state index contributed by atoms with van der Waals surface area (Å²) in [5.41, 5.74) is 0. The normalized spacial score (nSPS) is 8.69. The van der Waals surface area contributed by atoms with Crippen LogP contribution in [0.2, 0.25) is 0 Å². The van der Waals surface area contributed by atoms with Crippen molar-refractivity contribution < 1.29 is 50.4 Å². The summed E-state index contributed by atoms with van der Waals surface area (Å²) in [4.78, 5) is 20.8. The maximum absolute atomic E-state index is 10.7. The topological polar surface area (TPSA) is 63.6 Å². The van der Waals surface area contributed by atoms with Crippen molar-refractivity contribution in [1.82, 2.24) is 0 Å². The van der Waals surface area contributed by atoms with Gasteiger partial charge in [0.15, 0.2) is 0 Å². The molecule has 0 saturated carbocycles. The zero-order chi connectivity index (χ0) is 9.40. The Morgan fingerprint density at radius 1 is 1.31 bits per heavy atom. The minimum absolute atomic E-state index is 0. The molecule has 0 atom stereocenters. The summed E-state index contributed by atoms with van der Waals surface area (Å²) in [5.74, 6) is -1.07. The first-order valence-electron chi connectivity index (χ1n) is 4.04. The monoisotopic (exact) mass is 198 g/mol. The molecule has 5 heteroatoms. The van der Waals surface area contributed by atoms with Gasteiger partial charge in [0.1, 0.15) is 0 Å². The molecule has 0 heterocycles. The van der Waals surface area contributed by atoms with Crippen LogP contribution in [-0.2, 0) is 14.3 Å². The summed E-state index contributed by atoms with van der Waals surface area (Å²) in [7, 11) is 0. The molecule has 1 N–H and O–H groups in total. The van der Waals surface area contributed by atoms with E-state index in [2.05, 4.69) is 4.74 Å². The number of esters is 1. The smallest absolute Gasteiger partial charge is 1.00 e. The maximum atomic E-state index is 10.7. The van der Waals surface area contributed by atoms with Crippen molar-refractivity contribution in [3.63, 3.8) is 0 Å². The second kappa shape index (κ2) is 10.0. The van der Waals surface area contributed by atoms with Gasteiger partial charge >= 0.3 is 41.5 Å². The average Bonchev–Trinajstić information content (AvgIpc) is 1.98. The molecule has 13 heavy (non-hydrogen) atoms. The number of carboxylic acids is 1. The van der Waals surface area contributed by atoms with Gasteiger partial charge in [-0.3, -0.25) is 9.59 Å². The van der Waals surface area contributed by atoms with Crippen LogP contribution in [-0.4, -0.2) is 23.7 Å². The first kappa shape index (κ1) is 15.4. The van der Waals surface area contributed by atoms with E-state index in [1.165, 1.54) is 0 Å². The molecule has 0 aromatic heterocycles. The third kappa shape index (κ3) is 11.9. The van der Waals surface area contributed by atoms with E-state index in [0.717, 1.165) is 0 Å². The Balaban J connectivity index is -0.000000605. The van der Waals surface area contributed by atoms with Gasteiger partial charge in [-0.05, 0) is 19.8 Å². The second-order valence-electron chi connectivity index (χ2n) is 2.41. The van der Waals surface area contributed by atoms with E-state index in [9.17, 15) is 9.59 Å². The molecule has 0 spiro atoms. The Kier molecular flexibility index (Phi) is 11.9. The number of hydrogen-bond acceptors (Lipinski definition) is 3. The molecule has 0 rings (SSSR count). The number of unbranched alkanes of at least 4 members (excludes halogenated alkanes) is 1. The predicted octanol–water partition coefficient (Wildman–Crippen LogP) is -1.69. The number of ether oxygens (including phenoxy) is 1. The molecule has 72 valence electrons. The third-order valence-electron chi connectivity index (χ3n) is 1.33. The molecule has 0 aromatic rings. The molecule has 0 aliphatic rings. The van der Waals surface area contributed by atoms with Crippen LogP contribution in [0.3, 0.4) is 0 Å². The van der Waals surface area contributed by atoms with Crippen molar-refractivity contribution in [3.05, 3.63) is 0 Å². The third-order valence-corrected chi connectivity index (χ3v) is 1.33. The van der Waals surface area contributed by atoms with Gasteiger partial charge in [0.05, 0.1) is 6.61 Å². The van der Waals surface area contributed by atoms with Crippen LogP contribution in [0.25, 0.3) is 0 Å². The van der Waals surface area contributed by atoms with Crippen molar-refractivity contribution >= 4 is 11.9 Å². The zero-order valence-corrected chi connectivity index (χ0v) is 10.2. The van der Waals surface area contributed by atoms with E-state index in [-0.39, 0.29) is 43.4 Å². The first-order valence-corrected chi connectivity index (χ1v) is 4.04. The summed E-state index contributed by atoms with van der Waals surface area (Å²) in [6.07, 6.45) is 1.57. The van der Waals surface area contributed by atoms with Gasteiger partial charge in [0.25, 0.3) is 0 Å². The number of rotatable bonds is 6. The molecule has 0 aromatic carbocycles. The number of hydrogen-bond donors (Lipinski definition) is 1. The van der Waals surface area contributed by atoms with E-state index in [1.54, 1.807) is 6.92 Å². The Morgan fingerprint density at radius 3 is 2.31 bits per heavy atom. The minimum atomic E-state index is -0.821. The molecule has 0 amide bonds. The SMILES string of the molecule is CCOC(=O)CCCCC(=O)O.[H-].[Na+]. The van der Waals surface area contributed by atoms with Crippen LogP contribution < -0.4 is 29.6 Å². The Hall–Kier alpha value is -0.0600. The molecule has 0 bridgehead atoms. The minimum Gasteiger partial charge on any atom is -1.00 e. The number of aliphatic carboxylic acids is 1. The van der Waals surface area contributed by atoms with Crippen molar-refractivity contribution in [2.75, 3.05) is 6.61 Å². The predicted molar refractivity (Wildman–Crippen MR) is 43.8 cm³/mol. The molecular weight excluding hydrogens is 183 g/mol. The van der Waals surface area contributed by atoms with Crippen molar-refractivity contribution in [3.8, 4) is 0 Å². The summed E-state index contributed by atoms with van der Waals surface area (Å²) in [6, 6.07) is 0. The molecule has 4 nitrogen and oxygen atoms in total. The second-order valence-corrected chi connectivity index (χ2v) is 2.41. The number of carbonyl (C=O) groups excluding carboxylic acids is 1. The van der Waals surface area contributed by atoms with Crippen LogP contribution in [0.4, 0.5) is 0 Å². The van der Waals surface area contributed by atoms with Gasteiger partial charge in [-0.15, -0.1) is 0 Å². The van der Waals surface area contributed by atoms with Gasteiger partial charge in [-0.1, -0.05) is 0 Å². The van der Waals surface area contributed by atoms with Gasteiger partial charge < -0.3 is 11.3 Å². The zero-order valence-electron chi connectivity index (χ0n) is 9.21. The van der Waals surface area contributed by atoms with Gasteiger partial charge in [0.2, 0.25) is 0 Å². The summed E-state index contributed by atoms with van der Waals surface area (Å²) in [6.45, 7) is 2.13. The van der Waals surface area contributed by atoms with Crippen LogP contribution >= 0.6 is 0 Å². The molecule has 0 unspecified atom stereocenters. The van der Waals surface area contributed by atoms with Crippen molar-refractivity contribution in [2.45, 2.75) is 32.6 Å². The molecule has 0 saturated heterocycles. The Bertz CT molecular complexity index is 163. The fourth-order valence-electron chi connectivity index (χ4n) is 0.779. The van der Waals surface area contributed by atoms with E-state index < -0.39 is 5.97 Å². The molecule has 0 aliphatic heterocycles. The van der Waals surface area contributed by atoms with E-state index in [1.807, 2.05) is 0 Å². The molecule has 0 fully saturated rings. The summed E-state index contributed by atoms with van der Waals surface area (Å²) < 4.78 is 4.66. The standard InChI is InChI=1S/C8H14O4.Na.H/c1-2-12-8(11)6-4-3-5-7(9)10;;/h2-6H2,1H3,(H,9,10);;/q;+1;-1. The van der Waals surface area contributed by atoms with Crippen LogP contribution in [0, 0.1) is 0 Å². The van der Waals surface area contributed by atoms with Crippen LogP contribution in [0.1, 0.15) is 34.0 Å². The van der Waals surface area contributed by atoms with Gasteiger partial charge in [-0.2, -0.15) is 0 Å². The quantitative estimate of drug-likeness (QED) is 0.314. The molecule has 0 aliphatic carbocycles. The van der Waals surface area contributed by atoms with Crippen LogP contribution in [0.5, 0.6) is 0 Å². The van der Waals surface area contributed by atoms with Crippen molar-refractivity contribution in [1.29, 1.82) is 0 Å². The Labute approximate surface area is 101 Å². The first-order chi connectivity index (χ1) is 5.66.